The van der Waals surface area contributed by atoms with Gasteiger partial charge in [0.2, 0.25) is 0 Å². The molecule has 0 unspecified atom stereocenters. The summed E-state index contributed by atoms with van der Waals surface area (Å²) in [4.78, 5) is -0.112. The Morgan fingerprint density at radius 1 is 1.46 bits per heavy atom. The van der Waals surface area contributed by atoms with E-state index in [1.807, 2.05) is 13.8 Å². The number of hydrogen-bond acceptors (Lipinski definition) is 3. The third-order valence-corrected chi connectivity index (χ3v) is 3.61. The molecule has 1 heterocycles. The van der Waals surface area contributed by atoms with Gasteiger partial charge in [-0.25, -0.2) is 0 Å². The highest BCUT2D eigenvalue weighted by atomic mass is 79.9. The largest absolute Gasteiger partial charge is 0.389 e. The van der Waals surface area contributed by atoms with Gasteiger partial charge in [0.05, 0.1) is 10.9 Å². The van der Waals surface area contributed by atoms with Crippen molar-refractivity contribution in [2.75, 3.05) is 0 Å². The Bertz CT molecular complexity index is 251. The van der Waals surface area contributed by atoms with Crippen molar-refractivity contribution in [3.05, 3.63) is 12.2 Å². The highest BCUT2D eigenvalue weighted by Gasteiger charge is 2.54. The first-order valence-corrected chi connectivity index (χ1v) is 5.20. The number of aliphatic hydroxyl groups excluding tert-OH is 1. The van der Waals surface area contributed by atoms with Crippen LogP contribution in [0.3, 0.4) is 0 Å². The highest BCUT2D eigenvalue weighted by Crippen LogP contribution is 2.43. The first-order valence-electron chi connectivity index (χ1n) is 4.29. The molecule has 13 heavy (non-hydrogen) atoms. The van der Waals surface area contributed by atoms with Crippen LogP contribution in [0.1, 0.15) is 13.8 Å². The molecular formula is C9H13BrO3. The predicted molar refractivity (Wildman–Crippen MR) is 51.7 cm³/mol. The van der Waals surface area contributed by atoms with Crippen molar-refractivity contribution in [3.8, 4) is 0 Å². The fraction of sp³-hybridized carbons (Fsp3) is 0.778. The number of halogens is 1. The van der Waals surface area contributed by atoms with Crippen molar-refractivity contribution in [1.29, 1.82) is 0 Å². The second-order valence-electron chi connectivity index (χ2n) is 3.99. The lowest BCUT2D eigenvalue weighted by atomic mass is 10.2. The van der Waals surface area contributed by atoms with E-state index in [0.717, 1.165) is 5.57 Å². The SMILES string of the molecule is C=C1[C@H]2OC(C)(C)O[C@H]2[C@H](O)[C@H]1Br. The summed E-state index contributed by atoms with van der Waals surface area (Å²) in [5.41, 5.74) is 0.864. The van der Waals surface area contributed by atoms with Crippen LogP contribution >= 0.6 is 15.9 Å². The Morgan fingerprint density at radius 3 is 2.62 bits per heavy atom. The van der Waals surface area contributed by atoms with Gasteiger partial charge in [-0.15, -0.1) is 0 Å². The molecule has 2 fully saturated rings. The van der Waals surface area contributed by atoms with Gasteiger partial charge in [0.25, 0.3) is 0 Å². The minimum Gasteiger partial charge on any atom is -0.389 e. The first kappa shape index (κ1) is 9.65. The van der Waals surface area contributed by atoms with Gasteiger partial charge in [0.1, 0.15) is 12.2 Å². The second-order valence-corrected chi connectivity index (χ2v) is 4.97. The van der Waals surface area contributed by atoms with Crippen LogP contribution in [0.2, 0.25) is 0 Å². The Hall–Kier alpha value is 0.100. The lowest BCUT2D eigenvalue weighted by Crippen LogP contribution is -2.32. The van der Waals surface area contributed by atoms with Gasteiger partial charge in [-0.3, -0.25) is 0 Å². The van der Waals surface area contributed by atoms with Crippen LogP contribution in [-0.2, 0) is 9.47 Å². The van der Waals surface area contributed by atoms with Crippen LogP contribution in [0.25, 0.3) is 0 Å². The van der Waals surface area contributed by atoms with E-state index in [4.69, 9.17) is 9.47 Å². The topological polar surface area (TPSA) is 38.7 Å². The van der Waals surface area contributed by atoms with Crippen LogP contribution in [0.15, 0.2) is 12.2 Å². The Balaban J connectivity index is 2.23. The maximum absolute atomic E-state index is 9.76. The average molecular weight is 249 g/mol. The zero-order chi connectivity index (χ0) is 9.80. The first-order chi connectivity index (χ1) is 5.92. The molecule has 4 atom stereocenters. The van der Waals surface area contributed by atoms with Crippen molar-refractivity contribution >= 4 is 15.9 Å². The van der Waals surface area contributed by atoms with Gasteiger partial charge in [-0.2, -0.15) is 0 Å². The molecule has 1 saturated carbocycles. The van der Waals surface area contributed by atoms with Crippen molar-refractivity contribution in [2.45, 2.75) is 42.8 Å². The molecule has 1 aliphatic carbocycles. The quantitative estimate of drug-likeness (QED) is 0.518. The summed E-state index contributed by atoms with van der Waals surface area (Å²) in [7, 11) is 0. The number of alkyl halides is 1. The van der Waals surface area contributed by atoms with Crippen molar-refractivity contribution in [3.63, 3.8) is 0 Å². The van der Waals surface area contributed by atoms with Crippen LogP contribution in [0, 0.1) is 0 Å². The molecule has 0 aromatic rings. The maximum atomic E-state index is 9.76. The second kappa shape index (κ2) is 2.79. The Kier molecular flexibility index (Phi) is 2.07. The van der Waals surface area contributed by atoms with E-state index in [0.29, 0.717) is 0 Å². The molecule has 1 saturated heterocycles. The molecule has 1 N–H and O–H groups in total. The van der Waals surface area contributed by atoms with E-state index in [-0.39, 0.29) is 17.0 Å². The van der Waals surface area contributed by atoms with E-state index in [2.05, 4.69) is 22.5 Å². The summed E-state index contributed by atoms with van der Waals surface area (Å²) in [6, 6.07) is 0. The molecular weight excluding hydrogens is 236 g/mol. The third-order valence-electron chi connectivity index (χ3n) is 2.49. The number of hydrogen-bond donors (Lipinski definition) is 1. The molecule has 3 nitrogen and oxygen atoms in total. The molecule has 2 rings (SSSR count). The van der Waals surface area contributed by atoms with Gasteiger partial charge < -0.3 is 14.6 Å². The highest BCUT2D eigenvalue weighted by molar-refractivity contribution is 9.09. The molecule has 0 aromatic heterocycles. The fourth-order valence-corrected chi connectivity index (χ4v) is 2.43. The number of aliphatic hydroxyl groups is 1. The lowest BCUT2D eigenvalue weighted by Gasteiger charge is -2.21. The Labute approximate surface area is 85.8 Å². The summed E-state index contributed by atoms with van der Waals surface area (Å²) < 4.78 is 11.2. The van der Waals surface area contributed by atoms with E-state index >= 15 is 0 Å². The van der Waals surface area contributed by atoms with Gasteiger partial charge in [0, 0.05) is 0 Å². The molecule has 1 aliphatic heterocycles. The van der Waals surface area contributed by atoms with Crippen LogP contribution < -0.4 is 0 Å². The molecule has 2 aliphatic rings. The van der Waals surface area contributed by atoms with Gasteiger partial charge in [-0.1, -0.05) is 22.5 Å². The molecule has 0 aromatic carbocycles. The fourth-order valence-electron chi connectivity index (χ4n) is 1.87. The minimum absolute atomic E-state index is 0.112. The van der Waals surface area contributed by atoms with Crippen molar-refractivity contribution < 1.29 is 14.6 Å². The molecule has 4 heteroatoms. The molecule has 0 amide bonds. The number of ether oxygens (including phenoxy) is 2. The summed E-state index contributed by atoms with van der Waals surface area (Å²) >= 11 is 3.35. The van der Waals surface area contributed by atoms with Crippen LogP contribution in [0.5, 0.6) is 0 Å². The van der Waals surface area contributed by atoms with Crippen molar-refractivity contribution in [1.82, 2.24) is 0 Å². The Morgan fingerprint density at radius 2 is 2.08 bits per heavy atom. The minimum atomic E-state index is -0.605. The summed E-state index contributed by atoms with van der Waals surface area (Å²) in [6.07, 6.45) is -1.000. The lowest BCUT2D eigenvalue weighted by molar-refractivity contribution is -0.156. The van der Waals surface area contributed by atoms with Crippen LogP contribution in [0.4, 0.5) is 0 Å². The summed E-state index contributed by atoms with van der Waals surface area (Å²) in [5.74, 6) is -0.605. The average Bonchev–Trinajstić information content (AvgIpc) is 2.44. The molecule has 74 valence electrons. The van der Waals surface area contributed by atoms with E-state index < -0.39 is 11.9 Å². The number of rotatable bonds is 0. The van der Waals surface area contributed by atoms with E-state index in [9.17, 15) is 5.11 Å². The molecule has 0 spiro atoms. The van der Waals surface area contributed by atoms with E-state index in [1.54, 1.807) is 0 Å². The smallest absolute Gasteiger partial charge is 0.164 e. The zero-order valence-corrected chi connectivity index (χ0v) is 9.24. The van der Waals surface area contributed by atoms with Gasteiger partial charge in [0.15, 0.2) is 5.79 Å². The monoisotopic (exact) mass is 248 g/mol. The van der Waals surface area contributed by atoms with Gasteiger partial charge >= 0.3 is 0 Å². The number of fused-ring (bicyclic) bond motifs is 1. The zero-order valence-electron chi connectivity index (χ0n) is 7.66. The normalized spacial score (nSPS) is 48.2. The summed E-state index contributed by atoms with van der Waals surface area (Å²) in [6.45, 7) is 7.57. The van der Waals surface area contributed by atoms with Crippen molar-refractivity contribution in [2.24, 2.45) is 0 Å². The van der Waals surface area contributed by atoms with E-state index in [1.165, 1.54) is 0 Å². The van der Waals surface area contributed by atoms with Gasteiger partial charge in [-0.05, 0) is 19.4 Å². The van der Waals surface area contributed by atoms with Crippen LogP contribution in [-0.4, -0.2) is 34.0 Å². The predicted octanol–water partition coefficient (Wildman–Crippen LogP) is 1.20. The molecule has 0 radical (unpaired) electrons. The molecule has 0 bridgehead atoms. The third kappa shape index (κ3) is 1.36. The summed E-state index contributed by atoms with van der Waals surface area (Å²) in [5, 5.41) is 9.76. The standard InChI is InChI=1S/C9H13BrO3/c1-4-5(10)6(11)8-7(4)12-9(2,3)13-8/h5-8,11H,1H2,2-3H3/t5-,6+,7+,8-/m0/s1. The maximum Gasteiger partial charge on any atom is 0.164 e.